The fourth-order valence-corrected chi connectivity index (χ4v) is 2.86. The maximum Gasteiger partial charge on any atom is 0.0464 e. The molecule has 0 bridgehead atoms. The van der Waals surface area contributed by atoms with Crippen molar-refractivity contribution in [2.24, 2.45) is 11.8 Å². The van der Waals surface area contributed by atoms with E-state index in [-0.39, 0.29) is 0 Å². The lowest BCUT2D eigenvalue weighted by atomic mass is 9.85. The zero-order valence-electron chi connectivity index (χ0n) is 9.43. The first-order chi connectivity index (χ1) is 8.42. The molecule has 1 N–H and O–H groups in total. The van der Waals surface area contributed by atoms with E-state index in [0.717, 1.165) is 0 Å². The number of nitrogens with one attached hydrogen (secondary N) is 1. The maximum absolute atomic E-state index is 3.50. The van der Waals surface area contributed by atoms with Crippen LogP contribution in [0.5, 0.6) is 0 Å². The first kappa shape index (κ1) is 9.06. The Morgan fingerprint density at radius 2 is 1.65 bits per heavy atom. The van der Waals surface area contributed by atoms with E-state index in [1.165, 1.54) is 21.5 Å². The van der Waals surface area contributed by atoms with Crippen molar-refractivity contribution in [1.82, 2.24) is 4.98 Å². The third-order valence-corrected chi connectivity index (χ3v) is 3.72. The highest BCUT2D eigenvalue weighted by atomic mass is 14.7. The van der Waals surface area contributed by atoms with Crippen LogP contribution in [0.3, 0.4) is 0 Å². The molecule has 0 aliphatic heterocycles. The molecule has 0 spiro atoms. The molecule has 0 fully saturated rings. The van der Waals surface area contributed by atoms with Gasteiger partial charge in [-0.15, -0.1) is 0 Å². The number of aromatic nitrogens is 1. The van der Waals surface area contributed by atoms with Crippen LogP contribution in [0, 0.1) is 11.8 Å². The fourth-order valence-electron chi connectivity index (χ4n) is 2.86. The first-order valence-electron chi connectivity index (χ1n) is 6.07. The Labute approximate surface area is 99.5 Å². The molecular weight excluding hydrogens is 206 g/mol. The van der Waals surface area contributed by atoms with Crippen LogP contribution in [0.2, 0.25) is 0 Å². The molecule has 1 nitrogen and oxygen atoms in total. The van der Waals surface area contributed by atoms with Crippen molar-refractivity contribution >= 4 is 23.1 Å². The van der Waals surface area contributed by atoms with E-state index >= 15 is 0 Å². The number of allylic oxidation sites excluding steroid dienone is 4. The van der Waals surface area contributed by atoms with Crippen LogP contribution in [0.15, 0.2) is 48.6 Å². The Kier molecular flexibility index (Phi) is 1.72. The largest absolute Gasteiger partial charge is 0.355 e. The van der Waals surface area contributed by atoms with Crippen molar-refractivity contribution in [2.75, 3.05) is 0 Å². The van der Waals surface area contributed by atoms with E-state index in [4.69, 9.17) is 0 Å². The maximum atomic E-state index is 3.50. The van der Waals surface area contributed by atoms with E-state index in [0.29, 0.717) is 11.8 Å². The first-order valence-corrected chi connectivity index (χ1v) is 6.07. The van der Waals surface area contributed by atoms with Gasteiger partial charge in [-0.25, -0.2) is 0 Å². The lowest BCUT2D eigenvalue weighted by Gasteiger charge is -2.19. The third-order valence-electron chi connectivity index (χ3n) is 3.72. The summed E-state index contributed by atoms with van der Waals surface area (Å²) in [5, 5.41) is 3.97. The molecule has 1 heteroatoms. The van der Waals surface area contributed by atoms with Gasteiger partial charge >= 0.3 is 0 Å². The Morgan fingerprint density at radius 3 is 2.53 bits per heavy atom. The van der Waals surface area contributed by atoms with Gasteiger partial charge in [0.25, 0.3) is 0 Å². The standard InChI is InChI=1S/C16H13N/c1-2-6-12-10-16-14(9-11(12)5-1)13-7-3-4-8-15(13)17-16/h1-12,17H. The average molecular weight is 219 g/mol. The van der Waals surface area contributed by atoms with Crippen molar-refractivity contribution in [2.45, 2.75) is 0 Å². The summed E-state index contributed by atoms with van der Waals surface area (Å²) >= 11 is 0. The summed E-state index contributed by atoms with van der Waals surface area (Å²) in [6.45, 7) is 0. The van der Waals surface area contributed by atoms with Crippen LogP contribution in [-0.2, 0) is 0 Å². The van der Waals surface area contributed by atoms with Crippen molar-refractivity contribution in [3.05, 3.63) is 59.1 Å². The molecule has 0 radical (unpaired) electrons. The number of hydrogen-bond donors (Lipinski definition) is 1. The molecule has 1 aromatic carbocycles. The van der Waals surface area contributed by atoms with Gasteiger partial charge in [-0.1, -0.05) is 54.7 Å². The normalized spacial score (nSPS) is 24.9. The minimum absolute atomic E-state index is 0.514. The number of aromatic amines is 1. The minimum Gasteiger partial charge on any atom is -0.355 e. The lowest BCUT2D eigenvalue weighted by Crippen LogP contribution is -2.31. The van der Waals surface area contributed by atoms with Crippen molar-refractivity contribution in [1.29, 1.82) is 0 Å². The smallest absolute Gasteiger partial charge is 0.0464 e. The minimum atomic E-state index is 0.514. The molecule has 0 saturated heterocycles. The molecule has 1 aromatic heterocycles. The number of fused-ring (bicyclic) bond motifs is 4. The van der Waals surface area contributed by atoms with E-state index in [2.05, 4.69) is 65.7 Å². The highest BCUT2D eigenvalue weighted by molar-refractivity contribution is 5.82. The number of para-hydroxylation sites is 1. The second kappa shape index (κ2) is 3.24. The van der Waals surface area contributed by atoms with Gasteiger partial charge in [0.15, 0.2) is 0 Å². The summed E-state index contributed by atoms with van der Waals surface area (Å²) in [5.41, 5.74) is 1.23. The topological polar surface area (TPSA) is 15.8 Å². The number of hydrogen-bond acceptors (Lipinski definition) is 0. The van der Waals surface area contributed by atoms with Gasteiger partial charge in [0.2, 0.25) is 0 Å². The number of rotatable bonds is 0. The Hall–Kier alpha value is -2.02. The molecule has 2 unspecified atom stereocenters. The molecule has 4 rings (SSSR count). The molecular formula is C16H13N. The van der Waals surface area contributed by atoms with Crippen LogP contribution >= 0.6 is 0 Å². The van der Waals surface area contributed by atoms with Gasteiger partial charge < -0.3 is 4.98 Å². The van der Waals surface area contributed by atoms with Gasteiger partial charge in [-0.2, -0.15) is 0 Å². The summed E-state index contributed by atoms with van der Waals surface area (Å²) in [5.74, 6) is 1.03. The summed E-state index contributed by atoms with van der Waals surface area (Å²) in [7, 11) is 0. The van der Waals surface area contributed by atoms with E-state index in [9.17, 15) is 0 Å². The van der Waals surface area contributed by atoms with E-state index < -0.39 is 0 Å². The monoisotopic (exact) mass is 219 g/mol. The molecule has 1 heterocycles. The van der Waals surface area contributed by atoms with Crippen molar-refractivity contribution in [3.63, 3.8) is 0 Å². The van der Waals surface area contributed by atoms with Crippen LogP contribution in [0.25, 0.3) is 23.1 Å². The summed E-state index contributed by atoms with van der Waals surface area (Å²) in [6, 6.07) is 8.52. The van der Waals surface area contributed by atoms with Gasteiger partial charge in [0, 0.05) is 33.3 Å². The molecule has 2 aromatic rings. The van der Waals surface area contributed by atoms with Gasteiger partial charge in [0.05, 0.1) is 0 Å². The van der Waals surface area contributed by atoms with Crippen LogP contribution in [0.4, 0.5) is 0 Å². The van der Waals surface area contributed by atoms with Crippen LogP contribution in [-0.4, -0.2) is 4.98 Å². The second-order valence-electron chi connectivity index (χ2n) is 4.76. The van der Waals surface area contributed by atoms with Gasteiger partial charge in [-0.3, -0.25) is 0 Å². The van der Waals surface area contributed by atoms with Crippen molar-refractivity contribution < 1.29 is 0 Å². The predicted molar refractivity (Wildman–Crippen MR) is 71.7 cm³/mol. The Balaban J connectivity index is 2.11. The average Bonchev–Trinajstić information content (AvgIpc) is 2.73. The zero-order valence-corrected chi connectivity index (χ0v) is 9.43. The molecule has 0 amide bonds. The quantitative estimate of drug-likeness (QED) is 0.698. The summed E-state index contributed by atoms with van der Waals surface area (Å²) in [6.07, 6.45) is 13.6. The van der Waals surface area contributed by atoms with E-state index in [1.807, 2.05) is 0 Å². The number of H-pyrrole nitrogens is 1. The molecule has 0 saturated carbocycles. The molecule has 2 atom stereocenters. The molecule has 82 valence electrons. The van der Waals surface area contributed by atoms with Gasteiger partial charge in [-0.05, 0) is 6.07 Å². The summed E-state index contributed by atoms with van der Waals surface area (Å²) < 4.78 is 0. The zero-order chi connectivity index (χ0) is 11.2. The molecule has 2 aliphatic carbocycles. The van der Waals surface area contributed by atoms with Crippen molar-refractivity contribution in [3.8, 4) is 0 Å². The summed E-state index contributed by atoms with van der Waals surface area (Å²) in [4.78, 5) is 3.50. The Bertz CT molecular complexity index is 758. The fraction of sp³-hybridized carbons (Fsp3) is 0.125. The number of benzene rings is 1. The highest BCUT2D eigenvalue weighted by Gasteiger charge is 2.18. The Morgan fingerprint density at radius 1 is 0.882 bits per heavy atom. The molecule has 17 heavy (non-hydrogen) atoms. The highest BCUT2D eigenvalue weighted by Crippen LogP contribution is 2.24. The SMILES string of the molecule is C1=CC2C=c3[nH]c4ccccc4c3=CC2C=C1. The van der Waals surface area contributed by atoms with Crippen LogP contribution < -0.4 is 10.6 Å². The second-order valence-corrected chi connectivity index (χ2v) is 4.76. The van der Waals surface area contributed by atoms with Crippen LogP contribution in [0.1, 0.15) is 0 Å². The van der Waals surface area contributed by atoms with Gasteiger partial charge in [0.1, 0.15) is 0 Å². The third kappa shape index (κ3) is 1.26. The predicted octanol–water partition coefficient (Wildman–Crippen LogP) is 2.10. The lowest BCUT2D eigenvalue weighted by molar-refractivity contribution is 0.722. The van der Waals surface area contributed by atoms with E-state index in [1.54, 1.807) is 0 Å². The molecule has 2 aliphatic rings.